The molecule has 0 atom stereocenters. The fourth-order valence-corrected chi connectivity index (χ4v) is 4.82. The lowest BCUT2D eigenvalue weighted by Crippen LogP contribution is -2.18. The molecule has 2 aromatic carbocycles. The van der Waals surface area contributed by atoms with Crippen molar-refractivity contribution in [1.82, 2.24) is 3.97 Å². The lowest BCUT2D eigenvalue weighted by atomic mass is 10.2. The smallest absolute Gasteiger partial charge is 0.268 e. The van der Waals surface area contributed by atoms with Gasteiger partial charge in [0.05, 0.1) is 28.1 Å². The highest BCUT2D eigenvalue weighted by atomic mass is 79.9. The van der Waals surface area contributed by atoms with Crippen LogP contribution >= 0.6 is 15.9 Å². The van der Waals surface area contributed by atoms with Crippen molar-refractivity contribution in [2.45, 2.75) is 18.2 Å². The molecule has 0 fully saturated rings. The lowest BCUT2D eigenvalue weighted by Gasteiger charge is -2.12. The van der Waals surface area contributed by atoms with Gasteiger partial charge in [-0.25, -0.2) is 12.4 Å². The minimum Gasteiger partial charge on any atom is -0.495 e. The Balaban J connectivity index is 2.37. The zero-order valence-corrected chi connectivity index (χ0v) is 17.0. The number of fused-ring (bicyclic) bond motifs is 1. The minimum absolute atomic E-state index is 0.0542. The number of halogens is 1. The van der Waals surface area contributed by atoms with Crippen LogP contribution in [0.3, 0.4) is 0 Å². The van der Waals surface area contributed by atoms with Gasteiger partial charge in [0.2, 0.25) is 0 Å². The summed E-state index contributed by atoms with van der Waals surface area (Å²) in [6.07, 6.45) is -0.419. The number of hydrogen-bond donors (Lipinski definition) is 0. The molecule has 0 aliphatic heterocycles. The number of nitriles is 1. The Labute approximate surface area is 165 Å². The van der Waals surface area contributed by atoms with Gasteiger partial charge in [-0.2, -0.15) is 5.26 Å². The van der Waals surface area contributed by atoms with E-state index in [4.69, 9.17) is 10.00 Å². The van der Waals surface area contributed by atoms with Crippen LogP contribution in [0.2, 0.25) is 0 Å². The Kier molecular flexibility index (Phi) is 5.09. The number of aryl methyl sites for hydroxylation is 1. The molecule has 138 valence electrons. The van der Waals surface area contributed by atoms with Crippen molar-refractivity contribution in [1.29, 1.82) is 5.26 Å². The first kappa shape index (κ1) is 19.1. The van der Waals surface area contributed by atoms with Crippen molar-refractivity contribution in [3.63, 3.8) is 0 Å². The molecule has 0 aliphatic rings. The van der Waals surface area contributed by atoms with E-state index < -0.39 is 22.2 Å². The Hall–Kier alpha value is -2.63. The predicted octanol–water partition coefficient (Wildman–Crippen LogP) is 4.05. The molecular formula is C19H15BrN2O4S. The number of carbonyl (C=O) groups excluding carboxylic acids is 1. The molecule has 1 heterocycles. The molecule has 3 rings (SSSR count). The summed E-state index contributed by atoms with van der Waals surface area (Å²) < 4.78 is 33.5. The summed E-state index contributed by atoms with van der Waals surface area (Å²) in [5, 5.41) is 9.42. The topological polar surface area (TPSA) is 89.2 Å². The fraction of sp³-hybridized carbons (Fsp3) is 0.158. The average molecular weight is 447 g/mol. The third kappa shape index (κ3) is 3.36. The van der Waals surface area contributed by atoms with Crippen LogP contribution in [-0.2, 0) is 10.0 Å². The molecule has 0 radical (unpaired) electrons. The zero-order chi connectivity index (χ0) is 19.8. The van der Waals surface area contributed by atoms with E-state index >= 15 is 0 Å². The lowest BCUT2D eigenvalue weighted by molar-refractivity contribution is 0.0992. The molecule has 3 aromatic rings. The quantitative estimate of drug-likeness (QED) is 0.551. The monoisotopic (exact) mass is 446 g/mol. The molecule has 1 aromatic heterocycles. The van der Waals surface area contributed by atoms with Crippen LogP contribution in [-0.4, -0.2) is 25.3 Å². The van der Waals surface area contributed by atoms with E-state index in [0.29, 0.717) is 21.1 Å². The standard InChI is InChI=1S/C19H15BrN2O4S/c1-12-3-5-14(6-4-12)27(24,25)22-16-11-19(26-2)15(20)9-13(16)10-17(22)18(23)7-8-21/h3-6,9-11H,7H2,1-2H3. The Morgan fingerprint density at radius 2 is 1.89 bits per heavy atom. The highest BCUT2D eigenvalue weighted by Gasteiger charge is 2.27. The number of hydrogen-bond acceptors (Lipinski definition) is 5. The Morgan fingerprint density at radius 1 is 1.22 bits per heavy atom. The predicted molar refractivity (Wildman–Crippen MR) is 105 cm³/mol. The SMILES string of the molecule is COc1cc2c(cc1Br)cc(C(=O)CC#N)n2S(=O)(=O)c1ccc(C)cc1. The van der Waals surface area contributed by atoms with E-state index in [1.165, 1.54) is 25.3 Å². The van der Waals surface area contributed by atoms with Crippen LogP contribution in [0.4, 0.5) is 0 Å². The summed E-state index contributed by atoms with van der Waals surface area (Å²) in [4.78, 5) is 12.5. The number of rotatable bonds is 5. The van der Waals surface area contributed by atoms with Crippen molar-refractivity contribution in [3.05, 3.63) is 58.2 Å². The van der Waals surface area contributed by atoms with E-state index in [1.54, 1.807) is 30.3 Å². The number of ketones is 1. The van der Waals surface area contributed by atoms with Crippen molar-refractivity contribution in [2.24, 2.45) is 0 Å². The van der Waals surface area contributed by atoms with Gasteiger partial charge in [0, 0.05) is 11.5 Å². The van der Waals surface area contributed by atoms with Crippen molar-refractivity contribution >= 4 is 42.6 Å². The van der Waals surface area contributed by atoms with Crippen LogP contribution in [0, 0.1) is 18.3 Å². The number of benzene rings is 2. The first-order chi connectivity index (χ1) is 12.8. The molecular weight excluding hydrogens is 432 g/mol. The maximum atomic E-state index is 13.3. The number of Topliss-reactive ketones (excluding diaryl/α,β-unsaturated/α-hetero) is 1. The third-order valence-electron chi connectivity index (χ3n) is 4.12. The molecule has 0 unspecified atom stereocenters. The van der Waals surface area contributed by atoms with Crippen LogP contribution in [0.1, 0.15) is 22.5 Å². The first-order valence-electron chi connectivity index (χ1n) is 7.91. The molecule has 0 aliphatic carbocycles. The van der Waals surface area contributed by atoms with E-state index in [1.807, 2.05) is 6.92 Å². The van der Waals surface area contributed by atoms with Crippen molar-refractivity contribution in [3.8, 4) is 11.8 Å². The van der Waals surface area contributed by atoms with Crippen LogP contribution in [0.15, 0.2) is 51.8 Å². The van der Waals surface area contributed by atoms with Gasteiger partial charge in [-0.15, -0.1) is 0 Å². The van der Waals surface area contributed by atoms with Gasteiger partial charge in [0.15, 0.2) is 5.78 Å². The summed E-state index contributed by atoms with van der Waals surface area (Å²) in [6.45, 7) is 1.85. The van der Waals surface area contributed by atoms with Gasteiger partial charge >= 0.3 is 0 Å². The fourth-order valence-electron chi connectivity index (χ4n) is 2.77. The molecule has 6 nitrogen and oxygen atoms in total. The van der Waals surface area contributed by atoms with Crippen LogP contribution in [0.5, 0.6) is 5.75 Å². The molecule has 27 heavy (non-hydrogen) atoms. The van der Waals surface area contributed by atoms with E-state index in [2.05, 4.69) is 15.9 Å². The average Bonchev–Trinajstić information content (AvgIpc) is 3.00. The summed E-state index contributed by atoms with van der Waals surface area (Å²) in [7, 11) is -2.59. The minimum atomic E-state index is -4.06. The summed E-state index contributed by atoms with van der Waals surface area (Å²) in [5.41, 5.74) is 1.15. The maximum absolute atomic E-state index is 13.3. The number of carbonyl (C=O) groups is 1. The number of methoxy groups -OCH3 is 1. The number of ether oxygens (including phenoxy) is 1. The zero-order valence-electron chi connectivity index (χ0n) is 14.6. The van der Waals surface area contributed by atoms with E-state index in [-0.39, 0.29) is 10.6 Å². The van der Waals surface area contributed by atoms with Gasteiger partial charge in [-0.1, -0.05) is 17.7 Å². The van der Waals surface area contributed by atoms with Crippen LogP contribution in [0.25, 0.3) is 10.9 Å². The second-order valence-corrected chi connectivity index (χ2v) is 8.56. The first-order valence-corrected chi connectivity index (χ1v) is 10.1. The van der Waals surface area contributed by atoms with Gasteiger partial charge in [-0.3, -0.25) is 4.79 Å². The van der Waals surface area contributed by atoms with E-state index in [0.717, 1.165) is 9.54 Å². The summed E-state index contributed by atoms with van der Waals surface area (Å²) in [5.74, 6) is -0.139. The van der Waals surface area contributed by atoms with Crippen molar-refractivity contribution < 1.29 is 17.9 Å². The summed E-state index contributed by atoms with van der Waals surface area (Å²) in [6, 6.07) is 12.8. The van der Waals surface area contributed by atoms with Gasteiger partial charge in [-0.05, 0) is 47.1 Å². The molecule has 0 bridgehead atoms. The molecule has 0 N–H and O–H groups in total. The number of nitrogens with zero attached hydrogens (tertiary/aromatic N) is 2. The highest BCUT2D eigenvalue weighted by Crippen LogP contribution is 2.34. The molecule has 0 saturated heterocycles. The second kappa shape index (κ2) is 7.18. The maximum Gasteiger partial charge on any atom is 0.268 e. The van der Waals surface area contributed by atoms with E-state index in [9.17, 15) is 13.2 Å². The normalized spacial score (nSPS) is 11.3. The van der Waals surface area contributed by atoms with Gasteiger partial charge < -0.3 is 4.74 Å². The Morgan fingerprint density at radius 3 is 2.48 bits per heavy atom. The largest absolute Gasteiger partial charge is 0.495 e. The van der Waals surface area contributed by atoms with Crippen molar-refractivity contribution in [2.75, 3.05) is 7.11 Å². The van der Waals surface area contributed by atoms with Gasteiger partial charge in [0.25, 0.3) is 10.0 Å². The summed E-state index contributed by atoms with van der Waals surface area (Å²) >= 11 is 3.36. The Bertz CT molecular complexity index is 1190. The molecule has 0 saturated carbocycles. The van der Waals surface area contributed by atoms with Gasteiger partial charge in [0.1, 0.15) is 17.9 Å². The highest BCUT2D eigenvalue weighted by molar-refractivity contribution is 9.10. The second-order valence-electron chi connectivity index (χ2n) is 5.92. The number of aromatic nitrogens is 1. The molecule has 8 heteroatoms. The molecule has 0 spiro atoms. The third-order valence-corrected chi connectivity index (χ3v) is 6.48. The molecule has 0 amide bonds. The van der Waals surface area contributed by atoms with Crippen LogP contribution < -0.4 is 4.74 Å².